The molecule has 1 aromatic rings. The summed E-state index contributed by atoms with van der Waals surface area (Å²) in [5, 5.41) is 7.52. The molecule has 6 nitrogen and oxygen atoms in total. The second-order valence-corrected chi connectivity index (χ2v) is 4.84. The SMILES string of the molecule is CCc1nn(C)c(NC(C)(C)CC(N)=O)c1N. The molecule has 0 aliphatic heterocycles. The maximum Gasteiger partial charge on any atom is 0.219 e. The predicted molar refractivity (Wildman–Crippen MR) is 68.5 cm³/mol. The Bertz CT molecular complexity index is 422. The van der Waals surface area contributed by atoms with Gasteiger partial charge in [0.15, 0.2) is 0 Å². The average Bonchev–Trinajstić information content (AvgIpc) is 2.42. The van der Waals surface area contributed by atoms with Crippen molar-refractivity contribution in [3.8, 4) is 0 Å². The van der Waals surface area contributed by atoms with E-state index in [0.29, 0.717) is 5.69 Å². The molecule has 0 bridgehead atoms. The van der Waals surface area contributed by atoms with E-state index in [2.05, 4.69) is 10.4 Å². The van der Waals surface area contributed by atoms with Gasteiger partial charge in [0.2, 0.25) is 5.91 Å². The number of amides is 1. The number of carbonyl (C=O) groups excluding carboxylic acids is 1. The Kier molecular flexibility index (Phi) is 3.65. The van der Waals surface area contributed by atoms with Gasteiger partial charge in [-0.1, -0.05) is 6.92 Å². The third-order valence-electron chi connectivity index (χ3n) is 2.57. The fourth-order valence-electron chi connectivity index (χ4n) is 1.81. The van der Waals surface area contributed by atoms with Crippen molar-refractivity contribution in [2.75, 3.05) is 11.1 Å². The molecular formula is C11H21N5O. The molecule has 96 valence electrons. The fraction of sp³-hybridized carbons (Fsp3) is 0.636. The summed E-state index contributed by atoms with van der Waals surface area (Å²) in [6.45, 7) is 5.79. The lowest BCUT2D eigenvalue weighted by atomic mass is 10.0. The summed E-state index contributed by atoms with van der Waals surface area (Å²) in [4.78, 5) is 11.0. The van der Waals surface area contributed by atoms with Crippen molar-refractivity contribution in [2.24, 2.45) is 12.8 Å². The Morgan fingerprint density at radius 3 is 2.53 bits per heavy atom. The van der Waals surface area contributed by atoms with Crippen LogP contribution in [-0.2, 0) is 18.3 Å². The van der Waals surface area contributed by atoms with Gasteiger partial charge >= 0.3 is 0 Å². The Morgan fingerprint density at radius 2 is 2.12 bits per heavy atom. The highest BCUT2D eigenvalue weighted by molar-refractivity contribution is 5.76. The zero-order chi connectivity index (χ0) is 13.2. The molecule has 0 aromatic carbocycles. The Balaban J connectivity index is 2.95. The Morgan fingerprint density at radius 1 is 1.53 bits per heavy atom. The number of nitrogens with one attached hydrogen (secondary N) is 1. The summed E-state index contributed by atoms with van der Waals surface area (Å²) in [5.74, 6) is 0.382. The predicted octanol–water partition coefficient (Wildman–Crippen LogP) is 0.631. The van der Waals surface area contributed by atoms with Crippen LogP contribution in [0.1, 0.15) is 32.9 Å². The molecule has 0 unspecified atom stereocenters. The Hall–Kier alpha value is -1.72. The average molecular weight is 239 g/mol. The van der Waals surface area contributed by atoms with E-state index in [4.69, 9.17) is 11.5 Å². The van der Waals surface area contributed by atoms with E-state index in [9.17, 15) is 4.79 Å². The van der Waals surface area contributed by atoms with Gasteiger partial charge in [0, 0.05) is 19.0 Å². The summed E-state index contributed by atoms with van der Waals surface area (Å²) < 4.78 is 1.69. The first-order valence-electron chi connectivity index (χ1n) is 5.64. The number of nitrogen functional groups attached to an aromatic ring is 1. The monoisotopic (exact) mass is 239 g/mol. The number of aryl methyl sites for hydroxylation is 2. The van der Waals surface area contributed by atoms with Gasteiger partial charge < -0.3 is 16.8 Å². The van der Waals surface area contributed by atoms with Gasteiger partial charge in [0.1, 0.15) is 5.82 Å². The summed E-state index contributed by atoms with van der Waals surface area (Å²) in [7, 11) is 1.82. The quantitative estimate of drug-likeness (QED) is 0.701. The van der Waals surface area contributed by atoms with Crippen LogP contribution in [0.5, 0.6) is 0 Å². The largest absolute Gasteiger partial charge is 0.394 e. The molecule has 0 saturated heterocycles. The molecule has 0 aliphatic carbocycles. The van der Waals surface area contributed by atoms with E-state index in [1.807, 2.05) is 27.8 Å². The third kappa shape index (κ3) is 3.12. The number of nitrogens with zero attached hydrogens (tertiary/aromatic N) is 2. The molecule has 0 saturated carbocycles. The van der Waals surface area contributed by atoms with Gasteiger partial charge in [0.25, 0.3) is 0 Å². The lowest BCUT2D eigenvalue weighted by Crippen LogP contribution is -2.36. The van der Waals surface area contributed by atoms with Gasteiger partial charge in [-0.05, 0) is 20.3 Å². The van der Waals surface area contributed by atoms with Crippen LogP contribution in [-0.4, -0.2) is 21.2 Å². The van der Waals surface area contributed by atoms with Crippen molar-refractivity contribution in [3.05, 3.63) is 5.69 Å². The normalized spacial score (nSPS) is 11.5. The molecule has 1 heterocycles. The van der Waals surface area contributed by atoms with E-state index in [1.165, 1.54) is 0 Å². The van der Waals surface area contributed by atoms with Crippen molar-refractivity contribution in [2.45, 2.75) is 39.2 Å². The number of rotatable bonds is 5. The molecule has 0 fully saturated rings. The molecule has 5 N–H and O–H groups in total. The molecule has 17 heavy (non-hydrogen) atoms. The Labute approximate surface area is 101 Å². The molecule has 0 aliphatic rings. The zero-order valence-corrected chi connectivity index (χ0v) is 10.9. The fourth-order valence-corrected chi connectivity index (χ4v) is 1.81. The van der Waals surface area contributed by atoms with Gasteiger partial charge in [-0.3, -0.25) is 9.48 Å². The topological polar surface area (TPSA) is 99.0 Å². The standard InChI is InChI=1S/C11H21N5O/c1-5-7-9(13)10(16(4)15-7)14-11(2,3)6-8(12)17/h14H,5-6,13H2,1-4H3,(H2,12,17). The number of hydrogen-bond acceptors (Lipinski definition) is 4. The maximum atomic E-state index is 11.0. The molecule has 0 spiro atoms. The summed E-state index contributed by atoms with van der Waals surface area (Å²) in [5.41, 5.74) is 12.2. The van der Waals surface area contributed by atoms with E-state index in [1.54, 1.807) is 4.68 Å². The highest BCUT2D eigenvalue weighted by atomic mass is 16.1. The molecular weight excluding hydrogens is 218 g/mol. The summed E-state index contributed by atoms with van der Waals surface area (Å²) in [6, 6.07) is 0. The second kappa shape index (κ2) is 4.65. The van der Waals surface area contributed by atoms with Gasteiger partial charge in [-0.2, -0.15) is 5.10 Å². The van der Waals surface area contributed by atoms with Gasteiger partial charge in [-0.25, -0.2) is 0 Å². The van der Waals surface area contributed by atoms with Crippen LogP contribution in [0.25, 0.3) is 0 Å². The number of aromatic nitrogens is 2. The molecule has 0 radical (unpaired) electrons. The minimum Gasteiger partial charge on any atom is -0.394 e. The van der Waals surface area contributed by atoms with Crippen molar-refractivity contribution in [3.63, 3.8) is 0 Å². The number of nitrogens with two attached hydrogens (primary N) is 2. The highest BCUT2D eigenvalue weighted by Gasteiger charge is 2.24. The zero-order valence-electron chi connectivity index (χ0n) is 10.9. The van der Waals surface area contributed by atoms with Crippen LogP contribution in [0.4, 0.5) is 11.5 Å². The first-order chi connectivity index (χ1) is 7.76. The van der Waals surface area contributed by atoms with Crippen molar-refractivity contribution < 1.29 is 4.79 Å². The van der Waals surface area contributed by atoms with Crippen LogP contribution in [0.2, 0.25) is 0 Å². The van der Waals surface area contributed by atoms with Crippen LogP contribution < -0.4 is 16.8 Å². The van der Waals surface area contributed by atoms with Crippen LogP contribution in [0.15, 0.2) is 0 Å². The van der Waals surface area contributed by atoms with Crippen molar-refractivity contribution >= 4 is 17.4 Å². The highest BCUT2D eigenvalue weighted by Crippen LogP contribution is 2.26. The number of carbonyl (C=O) groups is 1. The van der Waals surface area contributed by atoms with Crippen molar-refractivity contribution in [1.82, 2.24) is 9.78 Å². The lowest BCUT2D eigenvalue weighted by molar-refractivity contribution is -0.118. The molecule has 1 amide bonds. The minimum absolute atomic E-state index is 0.235. The van der Waals surface area contributed by atoms with Crippen LogP contribution in [0, 0.1) is 0 Å². The van der Waals surface area contributed by atoms with E-state index < -0.39 is 5.54 Å². The van der Waals surface area contributed by atoms with Gasteiger partial charge in [0.05, 0.1) is 11.4 Å². The van der Waals surface area contributed by atoms with E-state index in [-0.39, 0.29) is 12.3 Å². The first-order valence-corrected chi connectivity index (χ1v) is 5.64. The number of hydrogen-bond donors (Lipinski definition) is 3. The minimum atomic E-state index is -0.446. The molecule has 1 rings (SSSR count). The smallest absolute Gasteiger partial charge is 0.219 e. The van der Waals surface area contributed by atoms with E-state index in [0.717, 1.165) is 17.9 Å². The lowest BCUT2D eigenvalue weighted by Gasteiger charge is -2.26. The van der Waals surface area contributed by atoms with Crippen LogP contribution >= 0.6 is 0 Å². The molecule has 0 atom stereocenters. The van der Waals surface area contributed by atoms with Gasteiger partial charge in [-0.15, -0.1) is 0 Å². The number of primary amides is 1. The van der Waals surface area contributed by atoms with Crippen molar-refractivity contribution in [1.29, 1.82) is 0 Å². The second-order valence-electron chi connectivity index (χ2n) is 4.84. The first kappa shape index (κ1) is 13.3. The third-order valence-corrected chi connectivity index (χ3v) is 2.57. The van der Waals surface area contributed by atoms with E-state index >= 15 is 0 Å². The van der Waals surface area contributed by atoms with Crippen LogP contribution in [0.3, 0.4) is 0 Å². The molecule has 1 aromatic heterocycles. The molecule has 6 heteroatoms. The number of anilines is 2. The summed E-state index contributed by atoms with van der Waals surface area (Å²) >= 11 is 0. The maximum absolute atomic E-state index is 11.0. The summed E-state index contributed by atoms with van der Waals surface area (Å²) in [6.07, 6.45) is 1.01.